The number of nitrogens with two attached hydrogens (primary N) is 1. The number of hydrogen-bond donors (Lipinski definition) is 1. The average molecular weight is 193 g/mol. The van der Waals surface area contributed by atoms with Crippen LogP contribution in [0.1, 0.15) is 12.0 Å². The zero-order valence-electron chi connectivity index (χ0n) is 7.66. The van der Waals surface area contributed by atoms with Gasteiger partial charge in [-0.05, 0) is 18.1 Å². The number of hydrogen-bond acceptors (Lipinski definition) is 3. The van der Waals surface area contributed by atoms with E-state index < -0.39 is 0 Å². The molecule has 2 N–H and O–H groups in total. The smallest absolute Gasteiger partial charge is 0.231 e. The molecule has 0 radical (unpaired) electrons. The van der Waals surface area contributed by atoms with Crippen molar-refractivity contribution in [2.75, 3.05) is 6.79 Å². The fourth-order valence-corrected chi connectivity index (χ4v) is 1.45. The number of primary amides is 1. The number of ether oxygens (including phenoxy) is 2. The summed E-state index contributed by atoms with van der Waals surface area (Å²) in [7, 11) is 0. The maximum atomic E-state index is 10.6. The van der Waals surface area contributed by atoms with Crippen LogP contribution in [0, 0.1) is 0 Å². The van der Waals surface area contributed by atoms with Gasteiger partial charge in [-0.25, -0.2) is 0 Å². The first-order chi connectivity index (χ1) is 6.77. The van der Waals surface area contributed by atoms with E-state index in [4.69, 9.17) is 15.2 Å². The van der Waals surface area contributed by atoms with Crippen molar-refractivity contribution >= 4 is 5.91 Å². The van der Waals surface area contributed by atoms with E-state index in [1.54, 1.807) is 0 Å². The molecule has 0 saturated carbocycles. The summed E-state index contributed by atoms with van der Waals surface area (Å²) >= 11 is 0. The Labute approximate surface area is 81.6 Å². The second kappa shape index (κ2) is 3.57. The normalized spacial score (nSPS) is 12.9. The maximum absolute atomic E-state index is 10.6. The number of benzene rings is 1. The van der Waals surface area contributed by atoms with Gasteiger partial charge in [0.1, 0.15) is 0 Å². The third-order valence-corrected chi connectivity index (χ3v) is 2.12. The lowest BCUT2D eigenvalue weighted by Crippen LogP contribution is -2.11. The molecule has 0 fully saturated rings. The quantitative estimate of drug-likeness (QED) is 0.773. The first-order valence-corrected chi connectivity index (χ1v) is 4.43. The first-order valence-electron chi connectivity index (χ1n) is 4.43. The topological polar surface area (TPSA) is 61.6 Å². The Hall–Kier alpha value is -1.71. The Morgan fingerprint density at radius 1 is 1.43 bits per heavy atom. The molecule has 1 heterocycles. The van der Waals surface area contributed by atoms with Crippen molar-refractivity contribution < 1.29 is 14.3 Å². The molecule has 1 aromatic carbocycles. The number of carbonyl (C=O) groups excluding carboxylic acids is 1. The van der Waals surface area contributed by atoms with Gasteiger partial charge >= 0.3 is 0 Å². The van der Waals surface area contributed by atoms with Crippen molar-refractivity contribution in [2.45, 2.75) is 12.8 Å². The van der Waals surface area contributed by atoms with E-state index in [2.05, 4.69) is 0 Å². The van der Waals surface area contributed by atoms with Crippen LogP contribution in [0.5, 0.6) is 11.5 Å². The van der Waals surface area contributed by atoms with Crippen LogP contribution in [0.4, 0.5) is 0 Å². The average Bonchev–Trinajstić information content (AvgIpc) is 2.62. The van der Waals surface area contributed by atoms with Crippen LogP contribution in [-0.4, -0.2) is 12.7 Å². The summed E-state index contributed by atoms with van der Waals surface area (Å²) in [5.74, 6) is 1.18. The Morgan fingerprint density at radius 2 is 2.29 bits per heavy atom. The lowest BCUT2D eigenvalue weighted by molar-refractivity contribution is -0.117. The van der Waals surface area contributed by atoms with Gasteiger partial charge in [-0.3, -0.25) is 4.79 Å². The highest BCUT2D eigenvalue weighted by Gasteiger charge is 2.16. The predicted molar refractivity (Wildman–Crippen MR) is 50.1 cm³/mol. The third kappa shape index (κ3) is 1.64. The molecule has 0 bridgehead atoms. The van der Waals surface area contributed by atoms with Crippen LogP contribution in [0.3, 0.4) is 0 Å². The Kier molecular flexibility index (Phi) is 2.26. The highest BCUT2D eigenvalue weighted by molar-refractivity contribution is 5.74. The van der Waals surface area contributed by atoms with E-state index >= 15 is 0 Å². The monoisotopic (exact) mass is 193 g/mol. The van der Waals surface area contributed by atoms with Crippen LogP contribution in [0.15, 0.2) is 18.2 Å². The molecule has 1 amide bonds. The van der Waals surface area contributed by atoms with E-state index in [0.29, 0.717) is 12.8 Å². The van der Waals surface area contributed by atoms with E-state index in [9.17, 15) is 4.79 Å². The fraction of sp³-hybridized carbons (Fsp3) is 0.300. The molecule has 0 aliphatic carbocycles. The van der Waals surface area contributed by atoms with Crippen molar-refractivity contribution in [3.8, 4) is 11.5 Å². The van der Waals surface area contributed by atoms with Crippen molar-refractivity contribution in [2.24, 2.45) is 5.73 Å². The van der Waals surface area contributed by atoms with E-state index in [1.807, 2.05) is 18.2 Å². The summed E-state index contributed by atoms with van der Waals surface area (Å²) < 4.78 is 10.5. The predicted octanol–water partition coefficient (Wildman–Crippen LogP) is 0.833. The number of rotatable bonds is 3. The number of amides is 1. The number of fused-ring (bicyclic) bond motifs is 1. The molecule has 2 rings (SSSR count). The van der Waals surface area contributed by atoms with Gasteiger partial charge in [0.05, 0.1) is 0 Å². The molecular weight excluding hydrogens is 182 g/mol. The summed E-state index contributed by atoms with van der Waals surface area (Å²) in [5, 5.41) is 0. The lowest BCUT2D eigenvalue weighted by atomic mass is 10.1. The SMILES string of the molecule is NC(=O)CCc1cccc2c1OCO2. The molecule has 1 aliphatic rings. The highest BCUT2D eigenvalue weighted by atomic mass is 16.7. The van der Waals surface area contributed by atoms with Crippen molar-refractivity contribution in [1.82, 2.24) is 0 Å². The molecule has 0 spiro atoms. The third-order valence-electron chi connectivity index (χ3n) is 2.12. The molecule has 0 aromatic heterocycles. The molecule has 0 saturated heterocycles. The van der Waals surface area contributed by atoms with Crippen molar-refractivity contribution in [3.63, 3.8) is 0 Å². The summed E-state index contributed by atoms with van der Waals surface area (Å²) in [6.45, 7) is 0.253. The van der Waals surface area contributed by atoms with Gasteiger partial charge in [0.15, 0.2) is 11.5 Å². The number of para-hydroxylation sites is 1. The summed E-state index contributed by atoms with van der Waals surface area (Å²) in [5.41, 5.74) is 6.05. The largest absolute Gasteiger partial charge is 0.454 e. The molecule has 4 heteroatoms. The molecule has 1 aromatic rings. The van der Waals surface area contributed by atoms with E-state index in [0.717, 1.165) is 17.1 Å². The lowest BCUT2D eigenvalue weighted by Gasteiger charge is -2.03. The molecule has 0 unspecified atom stereocenters. The van der Waals surface area contributed by atoms with E-state index in [1.165, 1.54) is 0 Å². The molecular formula is C10H11NO3. The Balaban J connectivity index is 2.17. The van der Waals surface area contributed by atoms with Gasteiger partial charge in [-0.1, -0.05) is 12.1 Å². The van der Waals surface area contributed by atoms with Crippen LogP contribution < -0.4 is 15.2 Å². The second-order valence-corrected chi connectivity index (χ2v) is 3.12. The first kappa shape index (κ1) is 8.87. The second-order valence-electron chi connectivity index (χ2n) is 3.12. The minimum absolute atomic E-state index is 0.253. The van der Waals surface area contributed by atoms with E-state index in [-0.39, 0.29) is 12.7 Å². The number of aryl methyl sites for hydroxylation is 1. The van der Waals surface area contributed by atoms with Crippen LogP contribution in [-0.2, 0) is 11.2 Å². The fourth-order valence-electron chi connectivity index (χ4n) is 1.45. The van der Waals surface area contributed by atoms with Crippen molar-refractivity contribution in [1.29, 1.82) is 0 Å². The Bertz CT molecular complexity index is 362. The van der Waals surface area contributed by atoms with Gasteiger partial charge in [0.25, 0.3) is 0 Å². The van der Waals surface area contributed by atoms with Gasteiger partial charge in [0, 0.05) is 6.42 Å². The maximum Gasteiger partial charge on any atom is 0.231 e. The molecule has 0 atom stereocenters. The molecule has 14 heavy (non-hydrogen) atoms. The summed E-state index contributed by atoms with van der Waals surface area (Å²) in [4.78, 5) is 10.6. The zero-order valence-corrected chi connectivity index (χ0v) is 7.66. The zero-order chi connectivity index (χ0) is 9.97. The minimum atomic E-state index is -0.304. The van der Waals surface area contributed by atoms with Gasteiger partial charge < -0.3 is 15.2 Å². The van der Waals surface area contributed by atoms with Crippen LogP contribution in [0.2, 0.25) is 0 Å². The van der Waals surface area contributed by atoms with Crippen molar-refractivity contribution in [3.05, 3.63) is 23.8 Å². The van der Waals surface area contributed by atoms with Crippen LogP contribution >= 0.6 is 0 Å². The number of carbonyl (C=O) groups is 1. The summed E-state index contributed by atoms with van der Waals surface area (Å²) in [6, 6.07) is 5.64. The molecule has 74 valence electrons. The van der Waals surface area contributed by atoms with Crippen LogP contribution in [0.25, 0.3) is 0 Å². The highest BCUT2D eigenvalue weighted by Crippen LogP contribution is 2.35. The standard InChI is InChI=1S/C10H11NO3/c11-9(12)5-4-7-2-1-3-8-10(7)14-6-13-8/h1-3H,4-6H2,(H2,11,12). The van der Waals surface area contributed by atoms with Gasteiger partial charge in [-0.2, -0.15) is 0 Å². The van der Waals surface area contributed by atoms with Gasteiger partial charge in [-0.15, -0.1) is 0 Å². The summed E-state index contributed by atoms with van der Waals surface area (Å²) in [6.07, 6.45) is 0.932. The molecule has 4 nitrogen and oxygen atoms in total. The molecule has 1 aliphatic heterocycles. The minimum Gasteiger partial charge on any atom is -0.454 e. The Morgan fingerprint density at radius 3 is 3.07 bits per heavy atom. The van der Waals surface area contributed by atoms with Gasteiger partial charge in [0.2, 0.25) is 12.7 Å².